The van der Waals surface area contributed by atoms with E-state index in [4.69, 9.17) is 9.47 Å². The van der Waals surface area contributed by atoms with Crippen molar-refractivity contribution in [2.24, 2.45) is 5.92 Å². The van der Waals surface area contributed by atoms with Crippen molar-refractivity contribution in [1.29, 1.82) is 0 Å². The summed E-state index contributed by atoms with van der Waals surface area (Å²) in [7, 11) is 0. The van der Waals surface area contributed by atoms with Gasteiger partial charge in [-0.15, -0.1) is 0 Å². The van der Waals surface area contributed by atoms with Gasteiger partial charge in [-0.25, -0.2) is 9.18 Å². The third kappa shape index (κ3) is 3.55. The standard InChI is InChI=1S/C16H18FNO4/c17-13-8-18(9-14(13)22-15(19)12-6-7-12)16(20)21-10-11-4-2-1-3-5-11/h1-5,12-14H,6-10H2/t13-,14-/m0/s1. The number of amides is 1. The molecule has 1 saturated heterocycles. The topological polar surface area (TPSA) is 55.8 Å². The first kappa shape index (κ1) is 14.8. The monoisotopic (exact) mass is 307 g/mol. The maximum absolute atomic E-state index is 13.9. The summed E-state index contributed by atoms with van der Waals surface area (Å²) >= 11 is 0. The molecule has 3 rings (SSSR count). The molecule has 6 heteroatoms. The van der Waals surface area contributed by atoms with Crippen molar-refractivity contribution in [3.8, 4) is 0 Å². The zero-order chi connectivity index (χ0) is 15.5. The van der Waals surface area contributed by atoms with Gasteiger partial charge in [0.05, 0.1) is 19.0 Å². The van der Waals surface area contributed by atoms with Crippen LogP contribution in [0.4, 0.5) is 9.18 Å². The minimum atomic E-state index is -1.35. The van der Waals surface area contributed by atoms with Crippen LogP contribution < -0.4 is 0 Å². The lowest BCUT2D eigenvalue weighted by Crippen LogP contribution is -2.31. The van der Waals surface area contributed by atoms with Gasteiger partial charge in [-0.3, -0.25) is 4.79 Å². The molecule has 1 aliphatic heterocycles. The van der Waals surface area contributed by atoms with E-state index in [1.807, 2.05) is 30.3 Å². The second kappa shape index (κ2) is 6.34. The number of ether oxygens (including phenoxy) is 2. The van der Waals surface area contributed by atoms with Gasteiger partial charge in [-0.2, -0.15) is 0 Å². The van der Waals surface area contributed by atoms with Crippen LogP contribution in [0.25, 0.3) is 0 Å². The van der Waals surface area contributed by atoms with Crippen LogP contribution in [-0.2, 0) is 20.9 Å². The molecule has 2 fully saturated rings. The van der Waals surface area contributed by atoms with Gasteiger partial charge in [-0.05, 0) is 18.4 Å². The Bertz CT molecular complexity index is 546. The summed E-state index contributed by atoms with van der Waals surface area (Å²) in [6.07, 6.45) is -1.20. The van der Waals surface area contributed by atoms with Crippen LogP contribution in [-0.4, -0.2) is 42.3 Å². The molecule has 0 bridgehead atoms. The largest absolute Gasteiger partial charge is 0.457 e. The minimum absolute atomic E-state index is 0.0489. The zero-order valence-electron chi connectivity index (χ0n) is 12.1. The number of esters is 1. The highest BCUT2D eigenvalue weighted by molar-refractivity contribution is 5.75. The van der Waals surface area contributed by atoms with E-state index in [0.717, 1.165) is 18.4 Å². The van der Waals surface area contributed by atoms with E-state index in [1.165, 1.54) is 4.90 Å². The summed E-state index contributed by atoms with van der Waals surface area (Å²) in [5.41, 5.74) is 0.864. The smallest absolute Gasteiger partial charge is 0.410 e. The molecule has 1 aromatic carbocycles. The molecule has 118 valence electrons. The number of nitrogens with zero attached hydrogens (tertiary/aromatic N) is 1. The molecule has 2 aliphatic rings. The molecule has 22 heavy (non-hydrogen) atoms. The van der Waals surface area contributed by atoms with Gasteiger partial charge < -0.3 is 14.4 Å². The lowest BCUT2D eigenvalue weighted by molar-refractivity contribution is -0.152. The van der Waals surface area contributed by atoms with Crippen LogP contribution >= 0.6 is 0 Å². The van der Waals surface area contributed by atoms with Gasteiger partial charge in [0.15, 0.2) is 12.3 Å². The van der Waals surface area contributed by atoms with Gasteiger partial charge in [-0.1, -0.05) is 30.3 Å². The summed E-state index contributed by atoms with van der Waals surface area (Å²) < 4.78 is 24.2. The van der Waals surface area contributed by atoms with E-state index in [-0.39, 0.29) is 31.6 Å². The van der Waals surface area contributed by atoms with Crippen molar-refractivity contribution in [3.63, 3.8) is 0 Å². The Morgan fingerprint density at radius 2 is 1.91 bits per heavy atom. The second-order valence-corrected chi connectivity index (χ2v) is 5.71. The normalized spacial score (nSPS) is 24.1. The summed E-state index contributed by atoms with van der Waals surface area (Å²) in [6, 6.07) is 9.26. The first-order valence-electron chi connectivity index (χ1n) is 7.43. The summed E-state index contributed by atoms with van der Waals surface area (Å²) in [5, 5.41) is 0. The lowest BCUT2D eigenvalue weighted by Gasteiger charge is -2.16. The third-order valence-electron chi connectivity index (χ3n) is 3.84. The quantitative estimate of drug-likeness (QED) is 0.801. The molecule has 1 saturated carbocycles. The van der Waals surface area contributed by atoms with Gasteiger partial charge >= 0.3 is 12.1 Å². The average molecular weight is 307 g/mol. The molecule has 0 radical (unpaired) electrons. The molecule has 0 spiro atoms. The highest BCUT2D eigenvalue weighted by Gasteiger charge is 2.41. The van der Waals surface area contributed by atoms with Crippen molar-refractivity contribution in [3.05, 3.63) is 35.9 Å². The van der Waals surface area contributed by atoms with Crippen molar-refractivity contribution in [2.45, 2.75) is 31.7 Å². The number of carbonyl (C=O) groups is 2. The van der Waals surface area contributed by atoms with E-state index in [2.05, 4.69) is 0 Å². The predicted molar refractivity (Wildman–Crippen MR) is 75.7 cm³/mol. The lowest BCUT2D eigenvalue weighted by atomic mass is 10.2. The van der Waals surface area contributed by atoms with Crippen LogP contribution in [0, 0.1) is 5.92 Å². The molecule has 0 aromatic heterocycles. The highest BCUT2D eigenvalue weighted by Crippen LogP contribution is 2.31. The molecule has 1 heterocycles. The Labute approximate surface area is 128 Å². The molecule has 0 unspecified atom stereocenters. The van der Waals surface area contributed by atoms with Crippen molar-refractivity contribution >= 4 is 12.1 Å². The maximum atomic E-state index is 13.9. The molecule has 2 atom stereocenters. The summed E-state index contributed by atoms with van der Waals surface area (Å²) in [5.74, 6) is -0.432. The highest BCUT2D eigenvalue weighted by atomic mass is 19.1. The molecule has 1 aliphatic carbocycles. The number of carbonyl (C=O) groups excluding carboxylic acids is 2. The number of halogens is 1. The first-order chi connectivity index (χ1) is 10.6. The molecule has 1 amide bonds. The Morgan fingerprint density at radius 1 is 1.18 bits per heavy atom. The fraction of sp³-hybridized carbons (Fsp3) is 0.500. The van der Waals surface area contributed by atoms with E-state index in [9.17, 15) is 14.0 Å². The van der Waals surface area contributed by atoms with E-state index >= 15 is 0 Å². The Morgan fingerprint density at radius 3 is 2.59 bits per heavy atom. The van der Waals surface area contributed by atoms with Crippen molar-refractivity contribution in [2.75, 3.05) is 13.1 Å². The molecular weight excluding hydrogens is 289 g/mol. The third-order valence-corrected chi connectivity index (χ3v) is 3.84. The van der Waals surface area contributed by atoms with E-state index in [1.54, 1.807) is 0 Å². The second-order valence-electron chi connectivity index (χ2n) is 5.71. The summed E-state index contributed by atoms with van der Waals surface area (Å²) in [4.78, 5) is 24.8. The average Bonchev–Trinajstić information content (AvgIpc) is 3.31. The van der Waals surface area contributed by atoms with Crippen LogP contribution in [0.2, 0.25) is 0 Å². The molecule has 1 aromatic rings. The number of benzene rings is 1. The van der Waals surface area contributed by atoms with Crippen molar-refractivity contribution < 1.29 is 23.5 Å². The number of hydrogen-bond donors (Lipinski definition) is 0. The van der Waals surface area contributed by atoms with Crippen LogP contribution in [0.1, 0.15) is 18.4 Å². The van der Waals surface area contributed by atoms with E-state index < -0.39 is 18.4 Å². The fourth-order valence-corrected chi connectivity index (χ4v) is 2.37. The van der Waals surface area contributed by atoms with Crippen LogP contribution in [0.5, 0.6) is 0 Å². The van der Waals surface area contributed by atoms with Crippen LogP contribution in [0.3, 0.4) is 0 Å². The van der Waals surface area contributed by atoms with Gasteiger partial charge in [0.2, 0.25) is 0 Å². The number of hydrogen-bond acceptors (Lipinski definition) is 4. The Balaban J connectivity index is 1.48. The Hall–Kier alpha value is -2.11. The molecular formula is C16H18FNO4. The predicted octanol–water partition coefficient (Wildman–Crippen LogP) is 2.30. The fourth-order valence-electron chi connectivity index (χ4n) is 2.37. The van der Waals surface area contributed by atoms with Crippen molar-refractivity contribution in [1.82, 2.24) is 4.90 Å². The van der Waals surface area contributed by atoms with Crippen LogP contribution in [0.15, 0.2) is 30.3 Å². The molecule has 0 N–H and O–H groups in total. The zero-order valence-corrected chi connectivity index (χ0v) is 12.1. The first-order valence-corrected chi connectivity index (χ1v) is 7.43. The maximum Gasteiger partial charge on any atom is 0.410 e. The summed E-state index contributed by atoms with van der Waals surface area (Å²) in [6.45, 7) is 0.0864. The number of alkyl halides is 1. The Kier molecular flexibility index (Phi) is 4.27. The number of likely N-dealkylation sites (tertiary alicyclic amines) is 1. The van der Waals surface area contributed by atoms with E-state index in [0.29, 0.717) is 0 Å². The SMILES string of the molecule is O=C(O[C@H]1CN(C(=O)OCc2ccccc2)C[C@@H]1F)C1CC1. The van der Waals surface area contributed by atoms with Gasteiger partial charge in [0.25, 0.3) is 0 Å². The van der Waals surface area contributed by atoms with Gasteiger partial charge in [0.1, 0.15) is 6.61 Å². The molecule has 5 nitrogen and oxygen atoms in total. The number of rotatable bonds is 4. The minimum Gasteiger partial charge on any atom is -0.457 e. The van der Waals surface area contributed by atoms with Gasteiger partial charge in [0, 0.05) is 0 Å².